The summed E-state index contributed by atoms with van der Waals surface area (Å²) in [7, 11) is 0. The number of hydrogen-bond acceptors (Lipinski definition) is 3. The van der Waals surface area contributed by atoms with Crippen LogP contribution in [0.5, 0.6) is 0 Å². The fraction of sp³-hybridized carbons (Fsp3) is 0.438. The highest BCUT2D eigenvalue weighted by Crippen LogP contribution is 2.12. The molecule has 1 aliphatic rings. The van der Waals surface area contributed by atoms with E-state index in [-0.39, 0.29) is 0 Å². The summed E-state index contributed by atoms with van der Waals surface area (Å²) in [5.41, 5.74) is 0.825. The molecule has 0 N–H and O–H groups in total. The maximum atomic E-state index is 13.2. The Morgan fingerprint density at radius 3 is 2.41 bits per heavy atom. The summed E-state index contributed by atoms with van der Waals surface area (Å²) >= 11 is 0. The van der Waals surface area contributed by atoms with Gasteiger partial charge >= 0.3 is 0 Å². The normalized spacial score (nSPS) is 17.0. The minimum absolute atomic E-state index is 0.673. The van der Waals surface area contributed by atoms with Crippen molar-refractivity contribution in [3.8, 4) is 0 Å². The first-order valence-corrected chi connectivity index (χ1v) is 7.55. The van der Waals surface area contributed by atoms with Crippen molar-refractivity contribution in [2.24, 2.45) is 0 Å². The molecule has 0 unspecified atom stereocenters. The summed E-state index contributed by atoms with van der Waals surface area (Å²) in [5.74, 6) is -1.55. The SMILES string of the molecule is Fc1ccc(CN2CCN(CCn3ccnc3)CC2)cc1F. The Morgan fingerprint density at radius 1 is 0.955 bits per heavy atom. The number of halogens is 2. The summed E-state index contributed by atoms with van der Waals surface area (Å²) < 4.78 is 28.2. The van der Waals surface area contributed by atoms with E-state index >= 15 is 0 Å². The third-order valence-electron chi connectivity index (χ3n) is 4.09. The van der Waals surface area contributed by atoms with Crippen LogP contribution in [-0.4, -0.2) is 52.1 Å². The van der Waals surface area contributed by atoms with E-state index in [0.29, 0.717) is 6.54 Å². The second-order valence-corrected chi connectivity index (χ2v) is 5.67. The van der Waals surface area contributed by atoms with Crippen LogP contribution in [0.2, 0.25) is 0 Å². The van der Waals surface area contributed by atoms with Gasteiger partial charge in [-0.05, 0) is 17.7 Å². The van der Waals surface area contributed by atoms with Crippen LogP contribution in [0.25, 0.3) is 0 Å². The van der Waals surface area contributed by atoms with Gasteiger partial charge in [-0.2, -0.15) is 0 Å². The summed E-state index contributed by atoms with van der Waals surface area (Å²) in [6, 6.07) is 4.15. The highest BCUT2D eigenvalue weighted by atomic mass is 19.2. The van der Waals surface area contributed by atoms with E-state index in [1.807, 2.05) is 12.5 Å². The largest absolute Gasteiger partial charge is 0.336 e. The molecule has 4 nitrogen and oxygen atoms in total. The molecule has 1 fully saturated rings. The maximum Gasteiger partial charge on any atom is 0.159 e. The van der Waals surface area contributed by atoms with E-state index in [2.05, 4.69) is 19.4 Å². The molecule has 118 valence electrons. The lowest BCUT2D eigenvalue weighted by atomic mass is 10.2. The molecule has 0 amide bonds. The maximum absolute atomic E-state index is 13.2. The van der Waals surface area contributed by atoms with Crippen molar-refractivity contribution in [1.82, 2.24) is 19.4 Å². The minimum atomic E-state index is -0.784. The summed E-state index contributed by atoms with van der Waals surface area (Å²) in [6.07, 6.45) is 5.60. The standard InChI is InChI=1S/C16H20F2N4/c17-15-2-1-14(11-16(15)18)12-21-8-5-20(6-9-21)7-10-22-4-3-19-13-22/h1-4,11,13H,5-10,12H2. The van der Waals surface area contributed by atoms with Crippen molar-refractivity contribution < 1.29 is 8.78 Å². The van der Waals surface area contributed by atoms with Crippen molar-refractivity contribution in [2.75, 3.05) is 32.7 Å². The Morgan fingerprint density at radius 2 is 1.73 bits per heavy atom. The molecule has 0 aliphatic carbocycles. The Balaban J connectivity index is 1.44. The van der Waals surface area contributed by atoms with Crippen LogP contribution in [-0.2, 0) is 13.1 Å². The topological polar surface area (TPSA) is 24.3 Å². The van der Waals surface area contributed by atoms with Gasteiger partial charge in [-0.15, -0.1) is 0 Å². The number of benzene rings is 1. The van der Waals surface area contributed by atoms with Crippen molar-refractivity contribution >= 4 is 0 Å². The predicted molar refractivity (Wildman–Crippen MR) is 80.3 cm³/mol. The Labute approximate surface area is 129 Å². The highest BCUT2D eigenvalue weighted by molar-refractivity contribution is 5.17. The third-order valence-corrected chi connectivity index (χ3v) is 4.09. The predicted octanol–water partition coefficient (Wildman–Crippen LogP) is 1.98. The average Bonchev–Trinajstić information content (AvgIpc) is 3.04. The molecule has 3 rings (SSSR count). The molecule has 1 aromatic carbocycles. The van der Waals surface area contributed by atoms with E-state index < -0.39 is 11.6 Å². The first-order chi connectivity index (χ1) is 10.7. The average molecular weight is 306 g/mol. The van der Waals surface area contributed by atoms with Gasteiger partial charge in [-0.25, -0.2) is 13.8 Å². The van der Waals surface area contributed by atoms with Gasteiger partial charge in [0.15, 0.2) is 11.6 Å². The second-order valence-electron chi connectivity index (χ2n) is 5.67. The lowest BCUT2D eigenvalue weighted by molar-refractivity contribution is 0.124. The van der Waals surface area contributed by atoms with Gasteiger partial charge in [0.25, 0.3) is 0 Å². The van der Waals surface area contributed by atoms with E-state index in [4.69, 9.17) is 0 Å². The first kappa shape index (κ1) is 15.1. The van der Waals surface area contributed by atoms with E-state index in [1.54, 1.807) is 12.3 Å². The fourth-order valence-electron chi connectivity index (χ4n) is 2.74. The number of piperazine rings is 1. The molecule has 6 heteroatoms. The van der Waals surface area contributed by atoms with Gasteiger partial charge in [-0.3, -0.25) is 9.80 Å². The Hall–Kier alpha value is -1.79. The van der Waals surface area contributed by atoms with Gasteiger partial charge < -0.3 is 4.57 Å². The third kappa shape index (κ3) is 3.90. The second kappa shape index (κ2) is 6.98. The molecule has 1 aromatic heterocycles. The molecule has 22 heavy (non-hydrogen) atoms. The molecular weight excluding hydrogens is 286 g/mol. The minimum Gasteiger partial charge on any atom is -0.336 e. The van der Waals surface area contributed by atoms with Crippen LogP contribution >= 0.6 is 0 Å². The quantitative estimate of drug-likeness (QED) is 0.844. The zero-order valence-corrected chi connectivity index (χ0v) is 12.5. The van der Waals surface area contributed by atoms with Crippen LogP contribution in [0.15, 0.2) is 36.9 Å². The van der Waals surface area contributed by atoms with E-state index in [1.165, 1.54) is 12.1 Å². The van der Waals surface area contributed by atoms with Gasteiger partial charge in [0.05, 0.1) is 6.33 Å². The first-order valence-electron chi connectivity index (χ1n) is 7.55. The van der Waals surface area contributed by atoms with Crippen molar-refractivity contribution in [1.29, 1.82) is 0 Å². The van der Waals surface area contributed by atoms with Crippen LogP contribution in [0, 0.1) is 11.6 Å². The van der Waals surface area contributed by atoms with Crippen molar-refractivity contribution in [3.63, 3.8) is 0 Å². The van der Waals surface area contributed by atoms with E-state index in [9.17, 15) is 8.78 Å². The summed E-state index contributed by atoms with van der Waals surface area (Å²) in [4.78, 5) is 8.73. The number of imidazole rings is 1. The van der Waals surface area contributed by atoms with Crippen LogP contribution in [0.3, 0.4) is 0 Å². The highest BCUT2D eigenvalue weighted by Gasteiger charge is 2.17. The molecule has 1 aliphatic heterocycles. The Kier molecular flexibility index (Phi) is 4.80. The molecule has 2 aromatic rings. The molecular formula is C16H20F2N4. The summed E-state index contributed by atoms with van der Waals surface area (Å²) in [5, 5.41) is 0. The zero-order chi connectivity index (χ0) is 15.4. The Bertz CT molecular complexity index is 592. The number of rotatable bonds is 5. The van der Waals surface area contributed by atoms with Gasteiger partial charge in [0.2, 0.25) is 0 Å². The smallest absolute Gasteiger partial charge is 0.159 e. The molecule has 0 atom stereocenters. The molecule has 1 saturated heterocycles. The number of hydrogen-bond donors (Lipinski definition) is 0. The van der Waals surface area contributed by atoms with Gasteiger partial charge in [0, 0.05) is 58.2 Å². The van der Waals surface area contributed by atoms with Crippen LogP contribution < -0.4 is 0 Å². The molecule has 0 radical (unpaired) electrons. The van der Waals surface area contributed by atoms with Gasteiger partial charge in [-0.1, -0.05) is 6.07 Å². The lowest BCUT2D eigenvalue weighted by Crippen LogP contribution is -2.46. The monoisotopic (exact) mass is 306 g/mol. The number of nitrogens with zero attached hydrogens (tertiary/aromatic N) is 4. The van der Waals surface area contributed by atoms with Gasteiger partial charge in [0.1, 0.15) is 0 Å². The van der Waals surface area contributed by atoms with Crippen molar-refractivity contribution in [2.45, 2.75) is 13.1 Å². The molecule has 0 spiro atoms. The number of aromatic nitrogens is 2. The zero-order valence-electron chi connectivity index (χ0n) is 12.5. The molecule has 2 heterocycles. The molecule has 0 saturated carbocycles. The molecule has 0 bridgehead atoms. The van der Waals surface area contributed by atoms with E-state index in [0.717, 1.165) is 44.8 Å². The van der Waals surface area contributed by atoms with Crippen molar-refractivity contribution in [3.05, 3.63) is 54.1 Å². The summed E-state index contributed by atoms with van der Waals surface area (Å²) in [6.45, 7) is 6.52. The van der Waals surface area contributed by atoms with Crippen LogP contribution in [0.1, 0.15) is 5.56 Å². The lowest BCUT2D eigenvalue weighted by Gasteiger charge is -2.34. The van der Waals surface area contributed by atoms with Crippen LogP contribution in [0.4, 0.5) is 8.78 Å². The fourth-order valence-corrected chi connectivity index (χ4v) is 2.74.